The minimum Gasteiger partial charge on any atom is -0.378 e. The molecule has 1 aromatic heterocycles. The number of nitrogen functional groups attached to an aromatic ring is 1. The van der Waals surface area contributed by atoms with Gasteiger partial charge in [0.1, 0.15) is 5.82 Å². The van der Waals surface area contributed by atoms with E-state index >= 15 is 0 Å². The van der Waals surface area contributed by atoms with Crippen LogP contribution in [0.25, 0.3) is 0 Å². The average Bonchev–Trinajstić information content (AvgIpc) is 3.08. The SMILES string of the molecule is Nc1nc(NC[C@H]2CCCO2)nc(Nc2ccc(F)cc2)c1[N+](=O)[O-]. The molecule has 1 aliphatic heterocycles. The Morgan fingerprint density at radius 3 is 2.76 bits per heavy atom. The van der Waals surface area contributed by atoms with Crippen LogP contribution in [0.2, 0.25) is 0 Å². The monoisotopic (exact) mass is 348 g/mol. The molecule has 1 saturated heterocycles. The van der Waals surface area contributed by atoms with Crippen LogP contribution in [0.3, 0.4) is 0 Å². The minimum atomic E-state index is -0.662. The van der Waals surface area contributed by atoms with Crippen LogP contribution < -0.4 is 16.4 Å². The molecular formula is C15H17FN6O3. The van der Waals surface area contributed by atoms with Gasteiger partial charge >= 0.3 is 5.69 Å². The lowest BCUT2D eigenvalue weighted by Crippen LogP contribution is -2.20. The second kappa shape index (κ2) is 7.26. The maximum Gasteiger partial charge on any atom is 0.353 e. The maximum absolute atomic E-state index is 13.0. The third-order valence-electron chi connectivity index (χ3n) is 3.71. The highest BCUT2D eigenvalue weighted by atomic mass is 19.1. The molecule has 132 valence electrons. The predicted octanol–water partition coefficient (Wildman–Crippen LogP) is 2.44. The normalized spacial score (nSPS) is 16.6. The summed E-state index contributed by atoms with van der Waals surface area (Å²) < 4.78 is 18.5. The van der Waals surface area contributed by atoms with Gasteiger partial charge in [-0.05, 0) is 37.1 Å². The summed E-state index contributed by atoms with van der Waals surface area (Å²) in [5.41, 5.74) is 5.72. The molecule has 0 saturated carbocycles. The zero-order valence-electron chi connectivity index (χ0n) is 13.2. The Labute approximate surface area is 142 Å². The summed E-state index contributed by atoms with van der Waals surface area (Å²) in [6, 6.07) is 5.35. The van der Waals surface area contributed by atoms with Crippen molar-refractivity contribution in [2.45, 2.75) is 18.9 Å². The first-order valence-electron chi connectivity index (χ1n) is 7.73. The van der Waals surface area contributed by atoms with Gasteiger partial charge in [-0.25, -0.2) is 4.39 Å². The molecule has 1 aromatic carbocycles. The van der Waals surface area contributed by atoms with E-state index < -0.39 is 16.4 Å². The van der Waals surface area contributed by atoms with E-state index in [0.717, 1.165) is 12.8 Å². The van der Waals surface area contributed by atoms with Gasteiger partial charge in [-0.2, -0.15) is 9.97 Å². The smallest absolute Gasteiger partial charge is 0.353 e. The molecule has 25 heavy (non-hydrogen) atoms. The quantitative estimate of drug-likeness (QED) is 0.536. The summed E-state index contributed by atoms with van der Waals surface area (Å²) in [5, 5.41) is 17.0. The van der Waals surface area contributed by atoms with Crippen LogP contribution in [0, 0.1) is 15.9 Å². The molecule has 9 nitrogen and oxygen atoms in total. The number of nitrogens with zero attached hydrogens (tertiary/aromatic N) is 3. The van der Waals surface area contributed by atoms with Gasteiger partial charge in [-0.1, -0.05) is 0 Å². The van der Waals surface area contributed by atoms with Crippen LogP contribution in [-0.2, 0) is 4.74 Å². The lowest BCUT2D eigenvalue weighted by molar-refractivity contribution is -0.383. The van der Waals surface area contributed by atoms with Crippen LogP contribution in [0.5, 0.6) is 0 Å². The van der Waals surface area contributed by atoms with Gasteiger partial charge < -0.3 is 21.1 Å². The Hall–Kier alpha value is -3.01. The number of anilines is 4. The summed E-state index contributed by atoms with van der Waals surface area (Å²) in [4.78, 5) is 18.7. The van der Waals surface area contributed by atoms with Gasteiger partial charge in [0, 0.05) is 18.8 Å². The van der Waals surface area contributed by atoms with Crippen molar-refractivity contribution in [2.75, 3.05) is 29.5 Å². The van der Waals surface area contributed by atoms with Crippen LogP contribution in [0.15, 0.2) is 24.3 Å². The lowest BCUT2D eigenvalue weighted by atomic mass is 10.2. The molecule has 0 unspecified atom stereocenters. The number of hydrogen-bond acceptors (Lipinski definition) is 8. The Balaban J connectivity index is 1.84. The van der Waals surface area contributed by atoms with Crippen LogP contribution in [-0.4, -0.2) is 34.1 Å². The van der Waals surface area contributed by atoms with Crippen LogP contribution >= 0.6 is 0 Å². The highest BCUT2D eigenvalue weighted by Crippen LogP contribution is 2.31. The summed E-state index contributed by atoms with van der Waals surface area (Å²) in [5.74, 6) is -0.595. The maximum atomic E-state index is 13.0. The highest BCUT2D eigenvalue weighted by Gasteiger charge is 2.24. The van der Waals surface area contributed by atoms with Gasteiger partial charge in [0.2, 0.25) is 17.6 Å². The summed E-state index contributed by atoms with van der Waals surface area (Å²) in [6.07, 6.45) is 1.97. The third kappa shape index (κ3) is 4.10. The first-order valence-corrected chi connectivity index (χ1v) is 7.73. The molecule has 2 aromatic rings. The van der Waals surface area contributed by atoms with Crippen LogP contribution in [0.1, 0.15) is 12.8 Å². The molecule has 1 atom stereocenters. The van der Waals surface area contributed by atoms with E-state index in [0.29, 0.717) is 18.8 Å². The molecule has 2 heterocycles. The summed E-state index contributed by atoms with van der Waals surface area (Å²) >= 11 is 0. The third-order valence-corrected chi connectivity index (χ3v) is 3.71. The van der Waals surface area contributed by atoms with Crippen molar-refractivity contribution >= 4 is 29.0 Å². The average molecular weight is 348 g/mol. The molecule has 0 bridgehead atoms. The molecule has 0 aliphatic carbocycles. The van der Waals surface area contributed by atoms with Crippen molar-refractivity contribution in [3.63, 3.8) is 0 Å². The van der Waals surface area contributed by atoms with E-state index in [1.54, 1.807) is 0 Å². The van der Waals surface area contributed by atoms with E-state index in [1.165, 1.54) is 24.3 Å². The number of ether oxygens (including phenoxy) is 1. The first-order chi connectivity index (χ1) is 12.0. The fourth-order valence-corrected chi connectivity index (χ4v) is 2.50. The fourth-order valence-electron chi connectivity index (χ4n) is 2.50. The Bertz CT molecular complexity index is 765. The lowest BCUT2D eigenvalue weighted by Gasteiger charge is -2.13. The number of benzene rings is 1. The Morgan fingerprint density at radius 1 is 1.36 bits per heavy atom. The Morgan fingerprint density at radius 2 is 2.12 bits per heavy atom. The van der Waals surface area contributed by atoms with Crippen molar-refractivity contribution in [2.24, 2.45) is 0 Å². The van der Waals surface area contributed by atoms with E-state index in [4.69, 9.17) is 10.5 Å². The van der Waals surface area contributed by atoms with Crippen LogP contribution in [0.4, 0.5) is 33.3 Å². The van der Waals surface area contributed by atoms with Crippen molar-refractivity contribution in [1.82, 2.24) is 9.97 Å². The van der Waals surface area contributed by atoms with Gasteiger partial charge in [0.15, 0.2) is 0 Å². The van der Waals surface area contributed by atoms with E-state index in [-0.39, 0.29) is 23.7 Å². The zero-order chi connectivity index (χ0) is 17.8. The van der Waals surface area contributed by atoms with Gasteiger partial charge in [-0.15, -0.1) is 0 Å². The second-order valence-corrected chi connectivity index (χ2v) is 5.53. The number of hydrogen-bond donors (Lipinski definition) is 3. The molecule has 1 aliphatic rings. The number of nitrogens with two attached hydrogens (primary N) is 1. The van der Waals surface area contributed by atoms with Crippen molar-refractivity contribution < 1.29 is 14.1 Å². The molecular weight excluding hydrogens is 331 g/mol. The van der Waals surface area contributed by atoms with Gasteiger partial charge in [0.25, 0.3) is 0 Å². The van der Waals surface area contributed by atoms with Gasteiger partial charge in [0.05, 0.1) is 11.0 Å². The second-order valence-electron chi connectivity index (χ2n) is 5.53. The molecule has 10 heteroatoms. The standard InChI is InChI=1S/C15H17FN6O3/c16-9-3-5-10(6-4-9)19-14-12(22(23)24)13(17)20-15(21-14)18-8-11-2-1-7-25-11/h3-6,11H,1-2,7-8H2,(H4,17,18,19,20,21)/t11-/m1/s1. The first kappa shape index (κ1) is 16.8. The van der Waals surface area contributed by atoms with E-state index in [2.05, 4.69) is 20.6 Å². The molecule has 1 fully saturated rings. The minimum absolute atomic E-state index is 0.0496. The number of halogens is 1. The van der Waals surface area contributed by atoms with Crippen molar-refractivity contribution in [3.05, 3.63) is 40.2 Å². The predicted molar refractivity (Wildman–Crippen MR) is 90.2 cm³/mol. The fraction of sp³-hybridized carbons (Fsp3) is 0.333. The van der Waals surface area contributed by atoms with Crippen molar-refractivity contribution in [1.29, 1.82) is 0 Å². The van der Waals surface area contributed by atoms with E-state index in [9.17, 15) is 14.5 Å². The Kier molecular flexibility index (Phi) is 4.89. The number of nitro groups is 1. The topological polar surface area (TPSA) is 128 Å². The molecule has 3 rings (SSSR count). The zero-order valence-corrected chi connectivity index (χ0v) is 13.2. The van der Waals surface area contributed by atoms with Gasteiger partial charge in [-0.3, -0.25) is 10.1 Å². The number of nitrogens with one attached hydrogen (secondary N) is 2. The highest BCUT2D eigenvalue weighted by molar-refractivity contribution is 5.74. The summed E-state index contributed by atoms with van der Waals surface area (Å²) in [7, 11) is 0. The largest absolute Gasteiger partial charge is 0.378 e. The van der Waals surface area contributed by atoms with E-state index in [1.807, 2.05) is 0 Å². The summed E-state index contributed by atoms with van der Waals surface area (Å²) in [6.45, 7) is 1.19. The molecule has 0 amide bonds. The molecule has 0 radical (unpaired) electrons. The number of rotatable bonds is 6. The molecule has 4 N–H and O–H groups in total. The van der Waals surface area contributed by atoms with Crippen molar-refractivity contribution in [3.8, 4) is 0 Å². The molecule has 0 spiro atoms. The number of aromatic nitrogens is 2.